The molecule has 136 valence electrons. The normalized spacial score (nSPS) is 13.4. The van der Waals surface area contributed by atoms with Crippen LogP contribution >= 0.6 is 0 Å². The Kier molecular flexibility index (Phi) is 4.80. The molecule has 4 rings (SSSR count). The molecule has 0 saturated carbocycles. The highest BCUT2D eigenvalue weighted by molar-refractivity contribution is 5.92. The van der Waals surface area contributed by atoms with Crippen LogP contribution in [0.2, 0.25) is 0 Å². The molecule has 0 N–H and O–H groups in total. The Balaban J connectivity index is 1.47. The molecule has 27 heavy (non-hydrogen) atoms. The summed E-state index contributed by atoms with van der Waals surface area (Å²) in [5, 5.41) is 0.985. The molecule has 2 aromatic carbocycles. The predicted molar refractivity (Wildman–Crippen MR) is 97.3 cm³/mol. The lowest BCUT2D eigenvalue weighted by atomic mass is 10.1. The van der Waals surface area contributed by atoms with Gasteiger partial charge in [0, 0.05) is 34.3 Å². The van der Waals surface area contributed by atoms with Gasteiger partial charge in [-0.25, -0.2) is 9.18 Å². The number of hydrogen-bond donors (Lipinski definition) is 0. The van der Waals surface area contributed by atoms with E-state index in [2.05, 4.69) is 4.98 Å². The first kappa shape index (κ1) is 17.2. The standard InChI is InChI=1S/C21H16FNO4/c22-18-9-16-11-25-13-27-21(16)17(10-18)12-26-19(24)7-6-15-4-1-3-14-5-2-8-23-20(14)15/h1-10H,11-13H2. The van der Waals surface area contributed by atoms with Gasteiger partial charge < -0.3 is 14.2 Å². The molecule has 1 aromatic heterocycles. The number of esters is 1. The SMILES string of the molecule is O=C(C=Cc1cccc2cccnc12)OCc1cc(F)cc2c1OCOC2. The predicted octanol–water partition coefficient (Wildman–Crippen LogP) is 4.00. The minimum Gasteiger partial charge on any atom is -0.467 e. The van der Waals surface area contributed by atoms with Crippen molar-refractivity contribution < 1.29 is 23.4 Å². The van der Waals surface area contributed by atoms with Gasteiger partial charge in [0.1, 0.15) is 18.2 Å². The maximum atomic E-state index is 13.7. The van der Waals surface area contributed by atoms with Gasteiger partial charge in [-0.3, -0.25) is 4.98 Å². The van der Waals surface area contributed by atoms with E-state index in [1.807, 2.05) is 30.3 Å². The lowest BCUT2D eigenvalue weighted by Gasteiger charge is -2.20. The number of nitrogens with zero attached hydrogens (tertiary/aromatic N) is 1. The van der Waals surface area contributed by atoms with Crippen LogP contribution in [0.25, 0.3) is 17.0 Å². The van der Waals surface area contributed by atoms with Crippen molar-refractivity contribution in [3.05, 3.63) is 77.2 Å². The molecule has 0 atom stereocenters. The molecule has 0 aliphatic carbocycles. The number of rotatable bonds is 4. The summed E-state index contributed by atoms with van der Waals surface area (Å²) in [6.07, 6.45) is 4.69. The van der Waals surface area contributed by atoms with Crippen molar-refractivity contribution in [2.75, 3.05) is 6.79 Å². The molecule has 0 amide bonds. The number of carbonyl (C=O) groups is 1. The first-order chi connectivity index (χ1) is 13.2. The van der Waals surface area contributed by atoms with Gasteiger partial charge in [-0.05, 0) is 24.3 Å². The fourth-order valence-electron chi connectivity index (χ4n) is 2.98. The summed E-state index contributed by atoms with van der Waals surface area (Å²) >= 11 is 0. The quantitative estimate of drug-likeness (QED) is 0.517. The van der Waals surface area contributed by atoms with E-state index in [1.54, 1.807) is 12.3 Å². The molecule has 1 aliphatic heterocycles. The summed E-state index contributed by atoms with van der Waals surface area (Å²) in [7, 11) is 0. The van der Waals surface area contributed by atoms with Crippen LogP contribution in [0.3, 0.4) is 0 Å². The zero-order chi connectivity index (χ0) is 18.6. The van der Waals surface area contributed by atoms with Gasteiger partial charge in [-0.15, -0.1) is 0 Å². The van der Waals surface area contributed by atoms with Crippen molar-refractivity contribution >= 4 is 22.9 Å². The average Bonchev–Trinajstić information content (AvgIpc) is 2.70. The highest BCUT2D eigenvalue weighted by Gasteiger charge is 2.17. The lowest BCUT2D eigenvalue weighted by Crippen LogP contribution is -2.14. The van der Waals surface area contributed by atoms with Crippen molar-refractivity contribution in [1.82, 2.24) is 4.98 Å². The summed E-state index contributed by atoms with van der Waals surface area (Å²) in [4.78, 5) is 16.4. The second kappa shape index (κ2) is 7.55. The van der Waals surface area contributed by atoms with E-state index in [0.29, 0.717) is 16.9 Å². The number of aromatic nitrogens is 1. The van der Waals surface area contributed by atoms with Crippen molar-refractivity contribution in [3.63, 3.8) is 0 Å². The van der Waals surface area contributed by atoms with Crippen molar-refractivity contribution in [2.45, 2.75) is 13.2 Å². The third kappa shape index (κ3) is 3.80. The highest BCUT2D eigenvalue weighted by atomic mass is 19.1. The molecular formula is C21H16FNO4. The van der Waals surface area contributed by atoms with Gasteiger partial charge in [0.25, 0.3) is 0 Å². The van der Waals surface area contributed by atoms with Crippen LogP contribution in [0, 0.1) is 5.82 Å². The van der Waals surface area contributed by atoms with Crippen LogP contribution in [0.4, 0.5) is 4.39 Å². The summed E-state index contributed by atoms with van der Waals surface area (Å²) in [5.41, 5.74) is 2.69. The second-order valence-corrected chi connectivity index (χ2v) is 6.03. The number of fused-ring (bicyclic) bond motifs is 2. The Bertz CT molecular complexity index is 1030. The number of ether oxygens (including phenoxy) is 3. The molecule has 0 fully saturated rings. The second-order valence-electron chi connectivity index (χ2n) is 6.03. The fourth-order valence-corrected chi connectivity index (χ4v) is 2.98. The van der Waals surface area contributed by atoms with E-state index < -0.39 is 11.8 Å². The molecule has 0 saturated heterocycles. The number of hydrogen-bond acceptors (Lipinski definition) is 5. The number of carbonyl (C=O) groups excluding carboxylic acids is 1. The van der Waals surface area contributed by atoms with Gasteiger partial charge in [0.05, 0.1) is 12.1 Å². The Labute approximate surface area is 155 Å². The van der Waals surface area contributed by atoms with Gasteiger partial charge in [-0.2, -0.15) is 0 Å². The van der Waals surface area contributed by atoms with Gasteiger partial charge >= 0.3 is 5.97 Å². The molecule has 0 spiro atoms. The summed E-state index contributed by atoms with van der Waals surface area (Å²) < 4.78 is 29.5. The fraction of sp³-hybridized carbons (Fsp3) is 0.143. The maximum absolute atomic E-state index is 13.7. The van der Waals surface area contributed by atoms with Crippen LogP contribution in [-0.2, 0) is 27.5 Å². The number of benzene rings is 2. The number of pyridine rings is 1. The van der Waals surface area contributed by atoms with Crippen LogP contribution in [-0.4, -0.2) is 17.7 Å². The molecule has 0 bridgehead atoms. The number of halogens is 1. The maximum Gasteiger partial charge on any atom is 0.331 e. The van der Waals surface area contributed by atoms with Gasteiger partial charge in [-0.1, -0.05) is 24.3 Å². The first-order valence-corrected chi connectivity index (χ1v) is 8.41. The third-order valence-corrected chi connectivity index (χ3v) is 4.18. The van der Waals surface area contributed by atoms with E-state index in [4.69, 9.17) is 14.2 Å². The zero-order valence-corrected chi connectivity index (χ0v) is 14.4. The Morgan fingerprint density at radius 2 is 2.15 bits per heavy atom. The largest absolute Gasteiger partial charge is 0.467 e. The van der Waals surface area contributed by atoms with Crippen LogP contribution in [0.1, 0.15) is 16.7 Å². The highest BCUT2D eigenvalue weighted by Crippen LogP contribution is 2.30. The van der Waals surface area contributed by atoms with E-state index in [9.17, 15) is 9.18 Å². The number of para-hydroxylation sites is 1. The zero-order valence-electron chi connectivity index (χ0n) is 14.4. The lowest BCUT2D eigenvalue weighted by molar-refractivity contribution is -0.139. The van der Waals surface area contributed by atoms with E-state index in [-0.39, 0.29) is 20.0 Å². The Hall–Kier alpha value is -3.25. The molecule has 2 heterocycles. The van der Waals surface area contributed by atoms with Crippen molar-refractivity contribution in [1.29, 1.82) is 0 Å². The summed E-state index contributed by atoms with van der Waals surface area (Å²) in [5.74, 6) is -0.447. The van der Waals surface area contributed by atoms with E-state index in [1.165, 1.54) is 18.2 Å². The Morgan fingerprint density at radius 3 is 3.07 bits per heavy atom. The monoisotopic (exact) mass is 365 g/mol. The van der Waals surface area contributed by atoms with Crippen molar-refractivity contribution in [3.8, 4) is 5.75 Å². The average molecular weight is 365 g/mol. The molecule has 6 heteroatoms. The molecule has 5 nitrogen and oxygen atoms in total. The Morgan fingerprint density at radius 1 is 1.26 bits per heavy atom. The topological polar surface area (TPSA) is 57.7 Å². The molecule has 1 aliphatic rings. The third-order valence-electron chi connectivity index (χ3n) is 4.18. The minimum absolute atomic E-state index is 0.0863. The van der Waals surface area contributed by atoms with Crippen LogP contribution in [0.15, 0.2) is 54.7 Å². The summed E-state index contributed by atoms with van der Waals surface area (Å²) in [6, 6.07) is 12.2. The molecular weight excluding hydrogens is 349 g/mol. The molecule has 3 aromatic rings. The smallest absolute Gasteiger partial charge is 0.331 e. The van der Waals surface area contributed by atoms with Crippen LogP contribution < -0.4 is 4.74 Å². The molecule has 0 radical (unpaired) electrons. The molecule has 0 unspecified atom stereocenters. The minimum atomic E-state index is -0.534. The first-order valence-electron chi connectivity index (χ1n) is 8.41. The van der Waals surface area contributed by atoms with Gasteiger partial charge in [0.2, 0.25) is 0 Å². The van der Waals surface area contributed by atoms with Gasteiger partial charge in [0.15, 0.2) is 6.79 Å². The van der Waals surface area contributed by atoms with Crippen molar-refractivity contribution in [2.24, 2.45) is 0 Å². The summed E-state index contributed by atoms with van der Waals surface area (Å²) in [6.45, 7) is 0.270. The van der Waals surface area contributed by atoms with Crippen LogP contribution in [0.5, 0.6) is 5.75 Å². The van der Waals surface area contributed by atoms with E-state index >= 15 is 0 Å². The van der Waals surface area contributed by atoms with E-state index in [0.717, 1.165) is 16.5 Å².